The van der Waals surface area contributed by atoms with Gasteiger partial charge in [-0.15, -0.1) is 5.10 Å². The van der Waals surface area contributed by atoms with Gasteiger partial charge in [-0.05, 0) is 61.6 Å². The molecule has 0 radical (unpaired) electrons. The molecule has 1 N–H and O–H groups in total. The lowest BCUT2D eigenvalue weighted by Gasteiger charge is -2.66. The van der Waals surface area contributed by atoms with Gasteiger partial charge in [-0.3, -0.25) is 4.98 Å². The van der Waals surface area contributed by atoms with E-state index >= 15 is 0 Å². The molecule has 186 valence electrons. The van der Waals surface area contributed by atoms with Gasteiger partial charge in [0.05, 0.1) is 30.3 Å². The molecule has 4 aliphatic rings. The van der Waals surface area contributed by atoms with Crippen LogP contribution in [-0.4, -0.2) is 54.7 Å². The maximum absolute atomic E-state index is 13.7. The smallest absolute Gasteiger partial charge is 0.137 e. The molecule has 4 aromatic rings. The highest BCUT2D eigenvalue weighted by molar-refractivity contribution is 5.63. The molecule has 0 amide bonds. The van der Waals surface area contributed by atoms with Crippen molar-refractivity contribution in [1.29, 1.82) is 0 Å². The van der Waals surface area contributed by atoms with Gasteiger partial charge < -0.3 is 14.6 Å². The van der Waals surface area contributed by atoms with Gasteiger partial charge in [-0.1, -0.05) is 11.3 Å². The fourth-order valence-corrected chi connectivity index (χ4v) is 6.36. The summed E-state index contributed by atoms with van der Waals surface area (Å²) in [6, 6.07) is 6.31. The summed E-state index contributed by atoms with van der Waals surface area (Å²) in [6.45, 7) is 4.40. The number of aromatic nitrogens is 6. The summed E-state index contributed by atoms with van der Waals surface area (Å²) in [7, 11) is 0. The highest BCUT2D eigenvalue weighted by Gasteiger charge is 2.68. The van der Waals surface area contributed by atoms with Gasteiger partial charge in [-0.2, -0.15) is 0 Å². The largest absolute Gasteiger partial charge is 0.370 e. The van der Waals surface area contributed by atoms with Crippen LogP contribution in [0.15, 0.2) is 49.2 Å². The van der Waals surface area contributed by atoms with Gasteiger partial charge in [0, 0.05) is 50.3 Å². The van der Waals surface area contributed by atoms with E-state index in [1.54, 1.807) is 0 Å². The molecule has 0 unspecified atom stereocenters. The lowest BCUT2D eigenvalue weighted by Crippen LogP contribution is -2.67. The highest BCUT2D eigenvalue weighted by Crippen LogP contribution is 2.69. The molecular formula is C27H31FN8. The van der Waals surface area contributed by atoms with Crippen molar-refractivity contribution in [3.8, 4) is 11.3 Å². The van der Waals surface area contributed by atoms with Crippen LogP contribution in [0.1, 0.15) is 49.8 Å². The predicted molar refractivity (Wildman–Crippen MR) is 135 cm³/mol. The molecule has 0 atom stereocenters. The van der Waals surface area contributed by atoms with Crippen molar-refractivity contribution in [1.82, 2.24) is 34.7 Å². The fraction of sp³-hybridized carbons (Fsp3) is 0.481. The Balaban J connectivity index is 1.00. The van der Waals surface area contributed by atoms with E-state index in [0.29, 0.717) is 6.54 Å². The zero-order chi connectivity index (χ0) is 24.2. The molecule has 1 saturated heterocycles. The van der Waals surface area contributed by atoms with Crippen LogP contribution in [0.2, 0.25) is 0 Å². The zero-order valence-corrected chi connectivity index (χ0v) is 20.4. The van der Waals surface area contributed by atoms with Gasteiger partial charge in [0.1, 0.15) is 17.0 Å². The molecule has 36 heavy (non-hydrogen) atoms. The van der Waals surface area contributed by atoms with Crippen molar-refractivity contribution in [2.45, 2.75) is 57.3 Å². The Bertz CT molecular complexity index is 1380. The van der Waals surface area contributed by atoms with E-state index in [4.69, 9.17) is 4.98 Å². The van der Waals surface area contributed by atoms with Crippen molar-refractivity contribution in [3.63, 3.8) is 0 Å². The second kappa shape index (κ2) is 8.37. The minimum Gasteiger partial charge on any atom is -0.370 e. The number of fused-ring (bicyclic) bond motifs is 1. The first kappa shape index (κ1) is 21.9. The molecule has 8 rings (SSSR count). The molecule has 9 heteroatoms. The number of nitrogens with one attached hydrogen (secondary N) is 1. The van der Waals surface area contributed by atoms with E-state index in [0.717, 1.165) is 73.7 Å². The molecule has 2 bridgehead atoms. The summed E-state index contributed by atoms with van der Waals surface area (Å²) < 4.78 is 17.6. The number of pyridine rings is 2. The van der Waals surface area contributed by atoms with Gasteiger partial charge in [0.15, 0.2) is 0 Å². The number of halogens is 1. The molecular weight excluding hydrogens is 455 g/mol. The van der Waals surface area contributed by atoms with Gasteiger partial charge in [-0.25, -0.2) is 14.1 Å². The summed E-state index contributed by atoms with van der Waals surface area (Å²) in [5.41, 5.74) is 5.39. The number of imidazole rings is 1. The first-order valence-corrected chi connectivity index (χ1v) is 13.0. The fourth-order valence-electron chi connectivity index (χ4n) is 6.36. The van der Waals surface area contributed by atoms with Crippen LogP contribution in [-0.2, 0) is 13.1 Å². The molecule has 4 fully saturated rings. The number of hydrogen-bond acceptors (Lipinski definition) is 6. The molecule has 3 saturated carbocycles. The Labute approximate surface area is 209 Å². The van der Waals surface area contributed by atoms with E-state index in [1.165, 1.54) is 24.8 Å². The van der Waals surface area contributed by atoms with Crippen molar-refractivity contribution in [2.24, 2.45) is 5.41 Å². The minimum absolute atomic E-state index is 0.225. The normalized spacial score (nSPS) is 25.1. The molecule has 0 spiro atoms. The van der Waals surface area contributed by atoms with Crippen LogP contribution < -0.4 is 10.2 Å². The van der Waals surface area contributed by atoms with E-state index in [2.05, 4.69) is 48.2 Å². The Kier molecular flexibility index (Phi) is 5.09. The number of hydrogen-bond donors (Lipinski definition) is 1. The maximum Gasteiger partial charge on any atom is 0.137 e. The minimum atomic E-state index is -0.827. The van der Waals surface area contributed by atoms with Crippen LogP contribution in [0.4, 0.5) is 10.1 Å². The number of piperidine rings is 1. The summed E-state index contributed by atoms with van der Waals surface area (Å²) in [6.07, 6.45) is 15.9. The first-order valence-electron chi connectivity index (χ1n) is 13.0. The zero-order valence-electron chi connectivity index (χ0n) is 20.4. The Hall–Kier alpha value is -3.33. The summed E-state index contributed by atoms with van der Waals surface area (Å²) in [5, 5.41) is 12.3. The van der Waals surface area contributed by atoms with Crippen LogP contribution in [0.3, 0.4) is 0 Å². The number of anilines is 1. The van der Waals surface area contributed by atoms with Crippen molar-refractivity contribution in [2.75, 3.05) is 24.5 Å². The van der Waals surface area contributed by atoms with E-state index < -0.39 is 5.67 Å². The lowest BCUT2D eigenvalue weighted by molar-refractivity contribution is -0.209. The lowest BCUT2D eigenvalue weighted by atomic mass is 9.42. The van der Waals surface area contributed by atoms with E-state index in [9.17, 15) is 4.39 Å². The third-order valence-corrected chi connectivity index (χ3v) is 8.07. The maximum atomic E-state index is 13.7. The standard InChI is InChI=1S/C27H31FN8/c28-27-16-26(17-27,18-27)19-30-9-20-4-5-25-31-22(13-35(25)12-20)14-36-15-24(32-33-36)21-8-23(11-29-10-21)34-6-2-1-3-7-34/h4-5,8,10-13,15,30H,1-3,6-7,9,14,16-19H2. The number of alkyl halides is 1. The summed E-state index contributed by atoms with van der Waals surface area (Å²) in [5.74, 6) is 0. The van der Waals surface area contributed by atoms with E-state index in [1.807, 2.05) is 35.5 Å². The Morgan fingerprint density at radius 3 is 2.69 bits per heavy atom. The van der Waals surface area contributed by atoms with Gasteiger partial charge in [0.25, 0.3) is 0 Å². The number of nitrogens with zero attached hydrogens (tertiary/aromatic N) is 7. The van der Waals surface area contributed by atoms with Crippen molar-refractivity contribution >= 4 is 11.3 Å². The second-order valence-electron chi connectivity index (χ2n) is 11.1. The van der Waals surface area contributed by atoms with Crippen LogP contribution in [0, 0.1) is 5.41 Å². The monoisotopic (exact) mass is 486 g/mol. The summed E-state index contributed by atoms with van der Waals surface area (Å²) >= 11 is 0. The molecule has 1 aliphatic heterocycles. The topological polar surface area (TPSA) is 76.2 Å². The average molecular weight is 487 g/mol. The SMILES string of the molecule is FC12CC(CNCc3ccc4nc(Cn5cc(-c6cncc(N7CCCCC7)c6)nn5)cn4c3)(C1)C2. The van der Waals surface area contributed by atoms with Gasteiger partial charge in [0.2, 0.25) is 0 Å². The van der Waals surface area contributed by atoms with Crippen LogP contribution in [0.5, 0.6) is 0 Å². The van der Waals surface area contributed by atoms with Crippen molar-refractivity contribution < 1.29 is 4.39 Å². The van der Waals surface area contributed by atoms with Crippen molar-refractivity contribution in [3.05, 3.63) is 60.4 Å². The second-order valence-corrected chi connectivity index (χ2v) is 11.1. The quantitative estimate of drug-likeness (QED) is 0.406. The van der Waals surface area contributed by atoms with Crippen LogP contribution in [0.25, 0.3) is 16.9 Å². The summed E-state index contributed by atoms with van der Waals surface area (Å²) in [4.78, 5) is 11.6. The average Bonchev–Trinajstić information content (AvgIpc) is 3.49. The molecule has 8 nitrogen and oxygen atoms in total. The molecule has 0 aromatic carbocycles. The Morgan fingerprint density at radius 1 is 1.00 bits per heavy atom. The third kappa shape index (κ3) is 4.05. The third-order valence-electron chi connectivity index (χ3n) is 8.07. The highest BCUT2D eigenvalue weighted by atomic mass is 19.1. The number of rotatable bonds is 8. The molecule has 3 aliphatic carbocycles. The van der Waals surface area contributed by atoms with Crippen LogP contribution >= 0.6 is 0 Å². The Morgan fingerprint density at radius 2 is 1.86 bits per heavy atom. The first-order chi connectivity index (χ1) is 17.5. The molecule has 5 heterocycles. The van der Waals surface area contributed by atoms with Gasteiger partial charge >= 0.3 is 0 Å². The predicted octanol–water partition coefficient (Wildman–Crippen LogP) is 4.01. The molecule has 4 aromatic heterocycles. The van der Waals surface area contributed by atoms with E-state index in [-0.39, 0.29) is 5.41 Å².